The molecule has 2 saturated carbocycles. The number of phenolic OH excluding ortho intramolecular Hbond substituents is 1. The van der Waals surface area contributed by atoms with Crippen molar-refractivity contribution in [3.63, 3.8) is 0 Å². The molecule has 3 aliphatic rings. The molecule has 4 rings (SSSR count). The molecule has 0 bridgehead atoms. The number of carbonyl (C=O) groups is 5. The minimum atomic E-state index is -2.80. The second-order valence-corrected chi connectivity index (χ2v) is 9.15. The number of Topliss-reactive ketones (excluding diaryl/α,β-unsaturated/α-hetero) is 4. The van der Waals surface area contributed by atoms with Crippen molar-refractivity contribution in [3.8, 4) is 5.75 Å². The third-order valence-electron chi connectivity index (χ3n) is 7.28. The smallest absolute Gasteiger partial charge is 0.235 e. The van der Waals surface area contributed by atoms with E-state index in [0.717, 1.165) is 6.07 Å². The summed E-state index contributed by atoms with van der Waals surface area (Å²) in [5, 5.41) is 24.5. The highest BCUT2D eigenvalue weighted by molar-refractivity contribution is 6.32. The fourth-order valence-corrected chi connectivity index (χ4v) is 5.82. The number of benzene rings is 1. The first kappa shape index (κ1) is 23.0. The van der Waals surface area contributed by atoms with Gasteiger partial charge in [0.25, 0.3) is 0 Å². The van der Waals surface area contributed by atoms with Gasteiger partial charge in [-0.1, -0.05) is 0 Å². The molecule has 0 spiro atoms. The summed E-state index contributed by atoms with van der Waals surface area (Å²) in [4.78, 5) is 66.3. The number of nitrogens with two attached hydrogens (primary N) is 1. The number of fused-ring (bicyclic) bond motifs is 3. The van der Waals surface area contributed by atoms with Crippen LogP contribution in [0.15, 0.2) is 6.07 Å². The monoisotopic (exact) mass is 461 g/mol. The van der Waals surface area contributed by atoms with Crippen molar-refractivity contribution < 1.29 is 38.6 Å². The number of nitrogens with zero attached hydrogens (tertiary/aromatic N) is 1. The molecule has 6 atom stereocenters. The topological polar surface area (TPSA) is 167 Å². The van der Waals surface area contributed by atoms with Crippen LogP contribution in [0.4, 0.5) is 10.1 Å². The second kappa shape index (κ2) is 7.42. The summed E-state index contributed by atoms with van der Waals surface area (Å²) >= 11 is 0. The first-order valence-electron chi connectivity index (χ1n) is 10.4. The van der Waals surface area contributed by atoms with E-state index in [1.165, 1.54) is 26.0 Å². The van der Waals surface area contributed by atoms with Crippen LogP contribution in [0, 0.1) is 29.5 Å². The quantitative estimate of drug-likeness (QED) is 0.328. The van der Waals surface area contributed by atoms with Gasteiger partial charge in [-0.25, -0.2) is 4.39 Å². The van der Waals surface area contributed by atoms with E-state index in [4.69, 9.17) is 5.73 Å². The number of rotatable bonds is 3. The Morgan fingerprint density at radius 3 is 2.42 bits per heavy atom. The van der Waals surface area contributed by atoms with Crippen molar-refractivity contribution in [2.75, 3.05) is 26.5 Å². The Labute approximate surface area is 187 Å². The molecule has 0 aromatic heterocycles. The van der Waals surface area contributed by atoms with Gasteiger partial charge in [0.15, 0.2) is 34.7 Å². The van der Waals surface area contributed by atoms with Crippen LogP contribution >= 0.6 is 0 Å². The first-order chi connectivity index (χ1) is 15.4. The number of hydrogen-bond donors (Lipinski definition) is 4. The number of ketones is 4. The maximum Gasteiger partial charge on any atom is 0.235 e. The van der Waals surface area contributed by atoms with Gasteiger partial charge in [-0.3, -0.25) is 28.9 Å². The summed E-state index contributed by atoms with van der Waals surface area (Å²) in [6, 6.07) is -0.159. The molecule has 33 heavy (non-hydrogen) atoms. The van der Waals surface area contributed by atoms with Gasteiger partial charge < -0.3 is 21.3 Å². The Bertz CT molecular complexity index is 1130. The minimum Gasteiger partial charge on any atom is -0.505 e. The fourth-order valence-electron chi connectivity index (χ4n) is 5.82. The van der Waals surface area contributed by atoms with Gasteiger partial charge in [0.2, 0.25) is 5.91 Å². The molecule has 2 unspecified atom stereocenters. The van der Waals surface area contributed by atoms with Gasteiger partial charge in [0.1, 0.15) is 11.6 Å². The zero-order valence-electron chi connectivity index (χ0n) is 18.2. The Morgan fingerprint density at radius 1 is 1.24 bits per heavy atom. The maximum absolute atomic E-state index is 14.8. The second-order valence-electron chi connectivity index (χ2n) is 9.15. The molecule has 3 aliphatic carbocycles. The summed E-state index contributed by atoms with van der Waals surface area (Å²) in [6.07, 6.45) is -0.243. The van der Waals surface area contributed by atoms with Crippen LogP contribution in [0.25, 0.3) is 0 Å². The van der Waals surface area contributed by atoms with Gasteiger partial charge in [-0.2, -0.15) is 0 Å². The lowest BCUT2D eigenvalue weighted by Gasteiger charge is -2.52. The highest BCUT2D eigenvalue weighted by atomic mass is 19.1. The lowest BCUT2D eigenvalue weighted by Crippen LogP contribution is -2.74. The molecular weight excluding hydrogens is 437 g/mol. The maximum atomic E-state index is 14.8. The van der Waals surface area contributed by atoms with Crippen LogP contribution in [0.2, 0.25) is 0 Å². The first-order valence-corrected chi connectivity index (χ1v) is 10.4. The highest BCUT2D eigenvalue weighted by Crippen LogP contribution is 2.51. The van der Waals surface area contributed by atoms with Gasteiger partial charge in [0, 0.05) is 24.6 Å². The minimum absolute atomic E-state index is 0.0568. The normalized spacial score (nSPS) is 33.5. The van der Waals surface area contributed by atoms with Crippen molar-refractivity contribution in [3.05, 3.63) is 23.0 Å². The standard InChI is InChI=1S/C22H24FN3O7/c1-25-11-6-10(23)8-4-7-5-9-15(26(2)3)18(29)14(21(24)32)20(31)22(9,33)19(30)12(7)17(28)13(8)16(11)27/h6-7,9,12,14-15,25,27,33H,4-5H2,1-3H3,(H2,24,32)/t7-,9-,12?,14?,15-,22-/m0/s1. The Hall–Kier alpha value is -3.18. The summed E-state index contributed by atoms with van der Waals surface area (Å²) in [6.45, 7) is 0. The number of anilines is 1. The molecule has 10 nitrogen and oxygen atoms in total. The largest absolute Gasteiger partial charge is 0.505 e. The number of aliphatic hydroxyl groups is 1. The van der Waals surface area contributed by atoms with E-state index >= 15 is 0 Å². The summed E-state index contributed by atoms with van der Waals surface area (Å²) < 4.78 is 14.8. The van der Waals surface area contributed by atoms with Crippen LogP contribution in [0.3, 0.4) is 0 Å². The van der Waals surface area contributed by atoms with Gasteiger partial charge >= 0.3 is 0 Å². The predicted octanol–water partition coefficient (Wildman–Crippen LogP) is -0.952. The summed E-state index contributed by atoms with van der Waals surface area (Å²) in [5.41, 5.74) is 1.95. The van der Waals surface area contributed by atoms with Gasteiger partial charge in [0.05, 0.1) is 23.2 Å². The lowest BCUT2D eigenvalue weighted by atomic mass is 9.52. The van der Waals surface area contributed by atoms with Crippen molar-refractivity contribution in [1.82, 2.24) is 4.90 Å². The summed E-state index contributed by atoms with van der Waals surface area (Å²) in [5.74, 6) is -12.5. The van der Waals surface area contributed by atoms with E-state index < -0.39 is 75.9 Å². The third kappa shape index (κ3) is 2.88. The van der Waals surface area contributed by atoms with Crippen molar-refractivity contribution in [2.45, 2.75) is 24.5 Å². The van der Waals surface area contributed by atoms with Crippen LogP contribution < -0.4 is 11.1 Å². The van der Waals surface area contributed by atoms with E-state index in [2.05, 4.69) is 5.32 Å². The van der Waals surface area contributed by atoms with Crippen LogP contribution in [0.1, 0.15) is 22.3 Å². The number of likely N-dealkylation sites (N-methyl/N-ethyl adjacent to an activating group) is 1. The SMILES string of the molecule is CNc1cc(F)c2c(c1O)C(=O)C1C(=O)[C@]3(O)C(=O)C(C(N)=O)C(=O)[C@@H](N(C)C)[C@@H]3C[C@@H]1C2. The average Bonchev–Trinajstić information content (AvgIpc) is 2.72. The molecular formula is C22H24FN3O7. The van der Waals surface area contributed by atoms with Crippen molar-refractivity contribution >= 4 is 34.7 Å². The van der Waals surface area contributed by atoms with Crippen molar-refractivity contribution in [1.29, 1.82) is 0 Å². The molecule has 2 fully saturated rings. The van der Waals surface area contributed by atoms with Crippen LogP contribution in [0.5, 0.6) is 5.75 Å². The molecule has 11 heteroatoms. The van der Waals surface area contributed by atoms with Crippen molar-refractivity contribution in [2.24, 2.45) is 29.4 Å². The Kier molecular flexibility index (Phi) is 5.17. The Morgan fingerprint density at radius 2 is 1.88 bits per heavy atom. The number of primary amides is 1. The number of phenols is 1. The zero-order valence-corrected chi connectivity index (χ0v) is 18.2. The van der Waals surface area contributed by atoms with Crippen LogP contribution in [-0.4, -0.2) is 76.9 Å². The third-order valence-corrected chi connectivity index (χ3v) is 7.28. The number of nitrogens with one attached hydrogen (secondary N) is 1. The van der Waals surface area contributed by atoms with E-state index in [0.29, 0.717) is 0 Å². The number of halogens is 1. The average molecular weight is 461 g/mol. The number of hydrogen-bond acceptors (Lipinski definition) is 9. The molecule has 1 amide bonds. The molecule has 0 aliphatic heterocycles. The number of carbonyl (C=O) groups excluding carboxylic acids is 5. The van der Waals surface area contributed by atoms with E-state index in [9.17, 15) is 38.6 Å². The predicted molar refractivity (Wildman–Crippen MR) is 111 cm³/mol. The Balaban J connectivity index is 1.89. The van der Waals surface area contributed by atoms with Crippen LogP contribution in [-0.2, 0) is 25.6 Å². The molecule has 1 aromatic carbocycles. The van der Waals surface area contributed by atoms with E-state index in [-0.39, 0.29) is 29.7 Å². The molecule has 176 valence electrons. The van der Waals surface area contributed by atoms with E-state index in [1.54, 1.807) is 0 Å². The molecule has 0 saturated heterocycles. The molecule has 1 aromatic rings. The number of amides is 1. The zero-order chi connectivity index (χ0) is 24.6. The lowest BCUT2D eigenvalue weighted by molar-refractivity contribution is -0.181. The molecule has 0 heterocycles. The fraction of sp³-hybridized carbons (Fsp3) is 0.500. The molecule has 5 N–H and O–H groups in total. The summed E-state index contributed by atoms with van der Waals surface area (Å²) in [7, 11) is 4.40. The number of aromatic hydroxyl groups is 1. The van der Waals surface area contributed by atoms with Gasteiger partial charge in [-0.15, -0.1) is 0 Å². The van der Waals surface area contributed by atoms with Gasteiger partial charge in [-0.05, 0) is 32.9 Å². The molecule has 0 radical (unpaired) electrons. The van der Waals surface area contributed by atoms with E-state index in [1.807, 2.05) is 0 Å². The highest BCUT2D eigenvalue weighted by Gasteiger charge is 2.69.